The van der Waals surface area contributed by atoms with Crippen LogP contribution in [-0.2, 0) is 0 Å². The van der Waals surface area contributed by atoms with Crippen LogP contribution in [0.25, 0.3) is 0 Å². The summed E-state index contributed by atoms with van der Waals surface area (Å²) in [5.74, 6) is -1.82. The minimum atomic E-state index is -1.07. The normalized spacial score (nSPS) is 22.6. The van der Waals surface area contributed by atoms with Crippen molar-refractivity contribution in [3.63, 3.8) is 0 Å². The van der Waals surface area contributed by atoms with Gasteiger partial charge in [-0.05, 0) is 25.8 Å². The minimum Gasteiger partial charge on any atom is -0.465 e. The number of carboxylic acid groups (broad SMARTS) is 1. The van der Waals surface area contributed by atoms with Crippen LogP contribution in [0.4, 0.5) is 9.18 Å². The summed E-state index contributed by atoms with van der Waals surface area (Å²) < 4.78 is 13.8. The summed E-state index contributed by atoms with van der Waals surface area (Å²) >= 11 is 5.56. The van der Waals surface area contributed by atoms with Crippen molar-refractivity contribution in [1.82, 2.24) is 9.88 Å². The number of carbonyl (C=O) groups excluding carboxylic acids is 1. The zero-order chi connectivity index (χ0) is 14.9. The van der Waals surface area contributed by atoms with Gasteiger partial charge in [-0.25, -0.2) is 14.2 Å². The zero-order valence-corrected chi connectivity index (χ0v) is 11.6. The molecule has 2 atom stereocenters. The van der Waals surface area contributed by atoms with E-state index < -0.39 is 23.6 Å². The van der Waals surface area contributed by atoms with Gasteiger partial charge >= 0.3 is 6.09 Å². The first-order valence-electron chi connectivity index (χ1n) is 6.25. The highest BCUT2D eigenvalue weighted by Gasteiger charge is 2.34. The molecule has 2 unspecified atom stereocenters. The lowest BCUT2D eigenvalue weighted by Crippen LogP contribution is -2.46. The highest BCUT2D eigenvalue weighted by atomic mass is 35.5. The number of rotatable bonds is 2. The van der Waals surface area contributed by atoms with E-state index in [9.17, 15) is 14.0 Å². The molecule has 1 N–H and O–H groups in total. The molecule has 1 aliphatic heterocycles. The van der Waals surface area contributed by atoms with Crippen LogP contribution in [0, 0.1) is 11.7 Å². The first kappa shape index (κ1) is 14.7. The fourth-order valence-electron chi connectivity index (χ4n) is 2.42. The molecule has 5 nitrogen and oxygen atoms in total. The second kappa shape index (κ2) is 5.75. The van der Waals surface area contributed by atoms with Crippen molar-refractivity contribution in [2.45, 2.75) is 25.8 Å². The van der Waals surface area contributed by atoms with E-state index >= 15 is 0 Å². The number of carbonyl (C=O) groups is 2. The fourth-order valence-corrected chi connectivity index (χ4v) is 2.57. The Labute approximate surface area is 120 Å². The Bertz CT molecular complexity index is 552. The molecule has 0 spiro atoms. The summed E-state index contributed by atoms with van der Waals surface area (Å²) in [6.45, 7) is 1.87. The second-order valence-corrected chi connectivity index (χ2v) is 5.24. The van der Waals surface area contributed by atoms with E-state index in [0.29, 0.717) is 12.8 Å². The lowest BCUT2D eigenvalue weighted by Gasteiger charge is -2.35. The van der Waals surface area contributed by atoms with Gasteiger partial charge in [0.2, 0.25) is 0 Å². The SMILES string of the molecule is CC1CCC(C(=O)c2ccnc(Cl)c2F)CN1C(=O)O. The standard InChI is InChI=1S/C13H14ClFN2O3/c1-7-2-3-8(6-17(7)13(19)20)11(18)9-4-5-16-12(14)10(9)15/h4-5,7-8H,2-3,6H2,1H3,(H,19,20). The van der Waals surface area contributed by atoms with Gasteiger partial charge in [0.15, 0.2) is 16.8 Å². The van der Waals surface area contributed by atoms with Crippen LogP contribution >= 0.6 is 11.6 Å². The number of ketones is 1. The Balaban J connectivity index is 2.21. The first-order valence-corrected chi connectivity index (χ1v) is 6.63. The molecule has 0 aliphatic carbocycles. The molecule has 1 saturated heterocycles. The lowest BCUT2D eigenvalue weighted by molar-refractivity contribution is 0.0710. The molecule has 0 radical (unpaired) electrons. The van der Waals surface area contributed by atoms with Crippen LogP contribution in [0.1, 0.15) is 30.1 Å². The Hall–Kier alpha value is -1.69. The van der Waals surface area contributed by atoms with Crippen molar-refractivity contribution in [2.24, 2.45) is 5.92 Å². The maximum absolute atomic E-state index is 13.8. The average molecular weight is 301 g/mol. The van der Waals surface area contributed by atoms with E-state index in [0.717, 1.165) is 0 Å². The number of hydrogen-bond acceptors (Lipinski definition) is 3. The topological polar surface area (TPSA) is 70.5 Å². The molecule has 1 fully saturated rings. The Kier molecular flexibility index (Phi) is 4.23. The van der Waals surface area contributed by atoms with Crippen LogP contribution in [0.5, 0.6) is 0 Å². The van der Waals surface area contributed by atoms with Crippen LogP contribution in [0.3, 0.4) is 0 Å². The summed E-state index contributed by atoms with van der Waals surface area (Å²) in [5.41, 5.74) is -0.130. The van der Waals surface area contributed by atoms with Crippen molar-refractivity contribution in [1.29, 1.82) is 0 Å². The third-order valence-corrected chi connectivity index (χ3v) is 3.87. The predicted octanol–water partition coefficient (Wildman–Crippen LogP) is 2.84. The van der Waals surface area contributed by atoms with Gasteiger partial charge in [0.25, 0.3) is 0 Å². The smallest absolute Gasteiger partial charge is 0.407 e. The van der Waals surface area contributed by atoms with Crippen molar-refractivity contribution in [2.75, 3.05) is 6.54 Å². The molecular formula is C13H14ClFN2O3. The van der Waals surface area contributed by atoms with Crippen LogP contribution in [-0.4, -0.2) is 39.5 Å². The van der Waals surface area contributed by atoms with Crippen molar-refractivity contribution >= 4 is 23.5 Å². The summed E-state index contributed by atoms with van der Waals surface area (Å²) in [4.78, 5) is 28.2. The number of amides is 1. The molecule has 108 valence electrons. The van der Waals surface area contributed by atoms with E-state index in [2.05, 4.69) is 4.98 Å². The van der Waals surface area contributed by atoms with Crippen LogP contribution in [0.2, 0.25) is 5.15 Å². The maximum atomic E-state index is 13.8. The molecule has 1 aromatic rings. The van der Waals surface area contributed by atoms with Gasteiger partial charge in [-0.2, -0.15) is 0 Å². The highest BCUT2D eigenvalue weighted by Crippen LogP contribution is 2.27. The number of nitrogens with zero attached hydrogens (tertiary/aromatic N) is 2. The molecule has 0 saturated carbocycles. The van der Waals surface area contributed by atoms with Gasteiger partial charge in [0.05, 0.1) is 5.56 Å². The van der Waals surface area contributed by atoms with Crippen LogP contribution in [0.15, 0.2) is 12.3 Å². The molecule has 1 aromatic heterocycles. The number of hydrogen-bond donors (Lipinski definition) is 1. The number of likely N-dealkylation sites (tertiary alicyclic amines) is 1. The third-order valence-electron chi connectivity index (χ3n) is 3.61. The summed E-state index contributed by atoms with van der Waals surface area (Å²) in [7, 11) is 0. The van der Waals surface area contributed by atoms with E-state index in [-0.39, 0.29) is 23.3 Å². The van der Waals surface area contributed by atoms with Gasteiger partial charge in [0.1, 0.15) is 0 Å². The molecule has 0 aromatic carbocycles. The lowest BCUT2D eigenvalue weighted by atomic mass is 9.87. The molecule has 7 heteroatoms. The summed E-state index contributed by atoms with van der Waals surface area (Å²) in [5, 5.41) is 8.74. The second-order valence-electron chi connectivity index (χ2n) is 4.89. The van der Waals surface area contributed by atoms with Gasteiger partial charge < -0.3 is 10.0 Å². The van der Waals surface area contributed by atoms with Gasteiger partial charge in [-0.3, -0.25) is 4.79 Å². The van der Waals surface area contributed by atoms with Gasteiger partial charge in [-0.15, -0.1) is 0 Å². The number of halogens is 2. The van der Waals surface area contributed by atoms with Crippen molar-refractivity contribution in [3.8, 4) is 0 Å². The van der Waals surface area contributed by atoms with E-state index in [1.54, 1.807) is 6.92 Å². The largest absolute Gasteiger partial charge is 0.465 e. The quantitative estimate of drug-likeness (QED) is 0.673. The maximum Gasteiger partial charge on any atom is 0.407 e. The number of pyridine rings is 1. The zero-order valence-electron chi connectivity index (χ0n) is 10.8. The Morgan fingerprint density at radius 2 is 2.20 bits per heavy atom. The van der Waals surface area contributed by atoms with Crippen LogP contribution < -0.4 is 0 Å². The molecule has 1 aliphatic rings. The average Bonchev–Trinajstić information content (AvgIpc) is 2.41. The molecular weight excluding hydrogens is 287 g/mol. The number of Topliss-reactive ketones (excluding diaryl/α,β-unsaturated/α-hetero) is 1. The summed E-state index contributed by atoms with van der Waals surface area (Å²) in [6, 6.07) is 1.13. The fraction of sp³-hybridized carbons (Fsp3) is 0.462. The Morgan fingerprint density at radius 1 is 1.50 bits per heavy atom. The Morgan fingerprint density at radius 3 is 2.85 bits per heavy atom. The molecule has 1 amide bonds. The third kappa shape index (κ3) is 2.75. The number of aromatic nitrogens is 1. The van der Waals surface area contributed by atoms with E-state index in [1.807, 2.05) is 0 Å². The summed E-state index contributed by atoms with van der Waals surface area (Å²) in [6.07, 6.45) is 1.30. The van der Waals surface area contributed by atoms with Crippen molar-refractivity contribution < 1.29 is 19.1 Å². The van der Waals surface area contributed by atoms with E-state index in [1.165, 1.54) is 17.2 Å². The molecule has 20 heavy (non-hydrogen) atoms. The van der Waals surface area contributed by atoms with Gasteiger partial charge in [0, 0.05) is 24.7 Å². The highest BCUT2D eigenvalue weighted by molar-refractivity contribution is 6.30. The number of piperidine rings is 1. The van der Waals surface area contributed by atoms with E-state index in [4.69, 9.17) is 16.7 Å². The first-order chi connectivity index (χ1) is 9.41. The monoisotopic (exact) mass is 300 g/mol. The molecule has 2 rings (SSSR count). The van der Waals surface area contributed by atoms with Crippen molar-refractivity contribution in [3.05, 3.63) is 28.8 Å². The molecule has 0 bridgehead atoms. The minimum absolute atomic E-state index is 0.0781. The molecule has 2 heterocycles. The predicted molar refractivity (Wildman–Crippen MR) is 70.5 cm³/mol. The van der Waals surface area contributed by atoms with Gasteiger partial charge in [-0.1, -0.05) is 11.6 Å².